The number of ether oxygens (including phenoxy) is 1. The number of aromatic hydroxyl groups is 1. The highest BCUT2D eigenvalue weighted by Crippen LogP contribution is 2.25. The predicted octanol–water partition coefficient (Wildman–Crippen LogP) is 2.58. The maximum absolute atomic E-state index is 13.1. The lowest BCUT2D eigenvalue weighted by Gasteiger charge is -2.32. The van der Waals surface area contributed by atoms with Crippen molar-refractivity contribution in [3.63, 3.8) is 0 Å². The van der Waals surface area contributed by atoms with Gasteiger partial charge in [0, 0.05) is 13.7 Å². The quantitative estimate of drug-likeness (QED) is 0.471. The second-order valence-electron chi connectivity index (χ2n) is 8.57. The number of benzene rings is 1. The van der Waals surface area contributed by atoms with E-state index < -0.39 is 22.8 Å². The molecule has 0 saturated heterocycles. The lowest BCUT2D eigenvalue weighted by molar-refractivity contribution is 0.0934. The summed E-state index contributed by atoms with van der Waals surface area (Å²) < 4.78 is 18.4. The van der Waals surface area contributed by atoms with Gasteiger partial charge in [0.05, 0.1) is 12.1 Å². The fourth-order valence-electron chi connectivity index (χ4n) is 4.01. The van der Waals surface area contributed by atoms with Gasteiger partial charge in [0.1, 0.15) is 11.6 Å². The zero-order chi connectivity index (χ0) is 23.1. The SMILES string of the molecule is COCC(C)(NCC1CCCCC1)c1nc(C(=O)NCc2ccc(F)cc2)c(O)c(=O)[nH]1. The molecule has 8 nitrogen and oxygen atoms in total. The van der Waals surface area contributed by atoms with Gasteiger partial charge in [-0.05, 0) is 49.9 Å². The lowest BCUT2D eigenvalue weighted by atomic mass is 9.88. The zero-order valence-electron chi connectivity index (χ0n) is 18.5. The number of nitrogens with zero attached hydrogens (tertiary/aromatic N) is 1. The van der Waals surface area contributed by atoms with Crippen molar-refractivity contribution in [2.75, 3.05) is 20.3 Å². The van der Waals surface area contributed by atoms with E-state index in [2.05, 4.69) is 20.6 Å². The number of halogens is 1. The molecular weight excluding hydrogens is 415 g/mol. The highest BCUT2D eigenvalue weighted by atomic mass is 19.1. The molecule has 174 valence electrons. The van der Waals surface area contributed by atoms with Crippen LogP contribution in [0.1, 0.15) is 60.9 Å². The molecule has 9 heteroatoms. The molecule has 0 radical (unpaired) electrons. The van der Waals surface area contributed by atoms with Crippen molar-refractivity contribution in [3.8, 4) is 5.75 Å². The van der Waals surface area contributed by atoms with E-state index >= 15 is 0 Å². The molecular formula is C23H31FN4O4. The van der Waals surface area contributed by atoms with E-state index in [0.717, 1.165) is 19.4 Å². The number of amides is 1. The monoisotopic (exact) mass is 446 g/mol. The molecule has 0 spiro atoms. The number of H-pyrrole nitrogens is 1. The number of methoxy groups -OCH3 is 1. The molecule has 1 fully saturated rings. The van der Waals surface area contributed by atoms with Crippen molar-refractivity contribution in [2.45, 2.75) is 51.1 Å². The van der Waals surface area contributed by atoms with Gasteiger partial charge in [0.25, 0.3) is 11.5 Å². The first-order valence-corrected chi connectivity index (χ1v) is 10.9. The molecule has 0 bridgehead atoms. The van der Waals surface area contributed by atoms with Crippen LogP contribution in [0, 0.1) is 11.7 Å². The summed E-state index contributed by atoms with van der Waals surface area (Å²) >= 11 is 0. The molecule has 1 saturated carbocycles. The number of hydrogen-bond donors (Lipinski definition) is 4. The summed E-state index contributed by atoms with van der Waals surface area (Å²) in [7, 11) is 1.55. The van der Waals surface area contributed by atoms with Crippen molar-refractivity contribution < 1.29 is 19.0 Å². The Morgan fingerprint density at radius 1 is 1.28 bits per heavy atom. The Bertz CT molecular complexity index is 973. The number of nitrogens with one attached hydrogen (secondary N) is 3. The van der Waals surface area contributed by atoms with E-state index in [0.29, 0.717) is 11.5 Å². The lowest BCUT2D eigenvalue weighted by Crippen LogP contribution is -2.48. The molecule has 1 amide bonds. The van der Waals surface area contributed by atoms with Crippen LogP contribution < -0.4 is 16.2 Å². The fourth-order valence-corrected chi connectivity index (χ4v) is 4.01. The van der Waals surface area contributed by atoms with Crippen molar-refractivity contribution in [1.82, 2.24) is 20.6 Å². The van der Waals surface area contributed by atoms with Crippen LogP contribution in [0.3, 0.4) is 0 Å². The number of hydrogen-bond acceptors (Lipinski definition) is 6. The van der Waals surface area contributed by atoms with E-state index in [4.69, 9.17) is 4.74 Å². The van der Waals surface area contributed by atoms with Gasteiger partial charge in [-0.3, -0.25) is 9.59 Å². The standard InChI is InChI=1S/C23H31FN4O4/c1-23(14-32-2,26-13-15-6-4-3-5-7-15)22-27-18(19(29)21(31)28-22)20(30)25-12-16-8-10-17(24)11-9-16/h8-11,15,26,29H,3-7,12-14H2,1-2H3,(H,25,30)(H,27,28,31). The molecule has 1 aromatic carbocycles. The number of carbonyl (C=O) groups excluding carboxylic acids is 1. The van der Waals surface area contributed by atoms with E-state index in [1.54, 1.807) is 7.11 Å². The number of rotatable bonds is 9. The molecule has 3 rings (SSSR count). The average Bonchev–Trinajstić information content (AvgIpc) is 2.79. The molecule has 32 heavy (non-hydrogen) atoms. The van der Waals surface area contributed by atoms with Gasteiger partial charge in [-0.1, -0.05) is 31.4 Å². The molecule has 1 aliphatic carbocycles. The Morgan fingerprint density at radius 3 is 2.62 bits per heavy atom. The van der Waals surface area contributed by atoms with E-state index in [1.807, 2.05) is 6.92 Å². The summed E-state index contributed by atoms with van der Waals surface area (Å²) in [5.74, 6) is -1.09. The Balaban J connectivity index is 1.79. The summed E-state index contributed by atoms with van der Waals surface area (Å²) in [6, 6.07) is 5.65. The molecule has 2 aromatic rings. The molecule has 4 N–H and O–H groups in total. The van der Waals surface area contributed by atoms with E-state index in [-0.39, 0.29) is 30.5 Å². The van der Waals surface area contributed by atoms with Crippen molar-refractivity contribution >= 4 is 5.91 Å². The highest BCUT2D eigenvalue weighted by Gasteiger charge is 2.32. The first-order valence-electron chi connectivity index (χ1n) is 10.9. The van der Waals surface area contributed by atoms with Gasteiger partial charge >= 0.3 is 0 Å². The van der Waals surface area contributed by atoms with Crippen LogP contribution >= 0.6 is 0 Å². The minimum absolute atomic E-state index is 0.0949. The van der Waals surface area contributed by atoms with Gasteiger partial charge in [-0.15, -0.1) is 0 Å². The van der Waals surface area contributed by atoms with Crippen LogP contribution in [0.2, 0.25) is 0 Å². The van der Waals surface area contributed by atoms with Gasteiger partial charge in [0.2, 0.25) is 5.75 Å². The fraction of sp³-hybridized carbons (Fsp3) is 0.522. The van der Waals surface area contributed by atoms with Gasteiger partial charge in [-0.25, -0.2) is 9.37 Å². The molecule has 1 aromatic heterocycles. The van der Waals surface area contributed by atoms with Crippen molar-refractivity contribution in [3.05, 3.63) is 57.5 Å². The Labute approximate surface area is 186 Å². The third-order valence-corrected chi connectivity index (χ3v) is 5.94. The molecule has 1 unspecified atom stereocenters. The number of aromatic nitrogens is 2. The molecule has 1 aliphatic rings. The summed E-state index contributed by atoms with van der Waals surface area (Å²) in [6.45, 7) is 2.88. The van der Waals surface area contributed by atoms with Crippen LogP contribution in [-0.2, 0) is 16.8 Å². The predicted molar refractivity (Wildman–Crippen MR) is 118 cm³/mol. The van der Waals surface area contributed by atoms with Crippen LogP contribution in [-0.4, -0.2) is 41.2 Å². The van der Waals surface area contributed by atoms with Crippen molar-refractivity contribution in [1.29, 1.82) is 0 Å². The molecule has 1 heterocycles. The highest BCUT2D eigenvalue weighted by molar-refractivity contribution is 5.94. The maximum Gasteiger partial charge on any atom is 0.293 e. The summed E-state index contributed by atoms with van der Waals surface area (Å²) in [4.78, 5) is 32.0. The summed E-state index contributed by atoms with van der Waals surface area (Å²) in [6.07, 6.45) is 5.97. The minimum Gasteiger partial charge on any atom is -0.501 e. The Kier molecular flexibility index (Phi) is 7.98. The Morgan fingerprint density at radius 2 is 1.97 bits per heavy atom. The Hall–Kier alpha value is -2.78. The normalized spacial score (nSPS) is 16.5. The van der Waals surface area contributed by atoms with Crippen LogP contribution in [0.5, 0.6) is 5.75 Å². The first kappa shape index (κ1) is 23.9. The third-order valence-electron chi connectivity index (χ3n) is 5.94. The second kappa shape index (κ2) is 10.7. The number of carbonyl (C=O) groups is 1. The van der Waals surface area contributed by atoms with Crippen LogP contribution in [0.15, 0.2) is 29.1 Å². The van der Waals surface area contributed by atoms with E-state index in [1.165, 1.54) is 43.5 Å². The minimum atomic E-state index is -0.856. The second-order valence-corrected chi connectivity index (χ2v) is 8.57. The summed E-state index contributed by atoms with van der Waals surface area (Å²) in [5, 5.41) is 16.2. The smallest absolute Gasteiger partial charge is 0.293 e. The number of aromatic amines is 1. The average molecular weight is 447 g/mol. The largest absolute Gasteiger partial charge is 0.501 e. The van der Waals surface area contributed by atoms with E-state index in [9.17, 15) is 19.1 Å². The molecule has 1 atom stereocenters. The van der Waals surface area contributed by atoms with Crippen LogP contribution in [0.25, 0.3) is 0 Å². The van der Waals surface area contributed by atoms with Gasteiger partial charge in [0.15, 0.2) is 5.69 Å². The van der Waals surface area contributed by atoms with Crippen LogP contribution in [0.4, 0.5) is 4.39 Å². The molecule has 0 aliphatic heterocycles. The first-order chi connectivity index (χ1) is 15.3. The maximum atomic E-state index is 13.1. The topological polar surface area (TPSA) is 116 Å². The third kappa shape index (κ3) is 5.92. The zero-order valence-corrected chi connectivity index (χ0v) is 18.5. The van der Waals surface area contributed by atoms with Gasteiger partial charge in [-0.2, -0.15) is 0 Å². The van der Waals surface area contributed by atoms with Crippen molar-refractivity contribution in [2.24, 2.45) is 5.92 Å². The summed E-state index contributed by atoms with van der Waals surface area (Å²) in [5.41, 5.74) is -1.36. The van der Waals surface area contributed by atoms with Gasteiger partial charge < -0.3 is 25.5 Å².